The molecule has 260 valence electrons. The van der Waals surface area contributed by atoms with Crippen molar-refractivity contribution in [3.8, 4) is 0 Å². The van der Waals surface area contributed by atoms with E-state index >= 15 is 0 Å². The monoisotopic (exact) mass is 663 g/mol. The fourth-order valence-electron chi connectivity index (χ4n) is 8.29. The molecule has 3 heteroatoms. The van der Waals surface area contributed by atoms with Crippen LogP contribution in [-0.4, -0.2) is 28.6 Å². The van der Waals surface area contributed by atoms with Crippen molar-refractivity contribution < 1.29 is 5.11 Å². The van der Waals surface area contributed by atoms with Crippen molar-refractivity contribution in [2.75, 3.05) is 6.61 Å². The summed E-state index contributed by atoms with van der Waals surface area (Å²) in [4.78, 5) is 0. The molecule has 2 fully saturated rings. The Kier molecular flexibility index (Phi) is 18.6. The lowest BCUT2D eigenvalue weighted by molar-refractivity contribution is 0.284. The molecule has 0 radical (unpaired) electrons. The molecule has 1 N–H and O–H groups in total. The lowest BCUT2D eigenvalue weighted by Crippen LogP contribution is -2.41. The zero-order chi connectivity index (χ0) is 33.2. The Morgan fingerprint density at radius 3 is 1.46 bits per heavy atom. The van der Waals surface area contributed by atoms with Crippen LogP contribution in [0.4, 0.5) is 0 Å². The first-order valence-electron chi connectivity index (χ1n) is 20.1. The Balaban J connectivity index is 0.000000259. The van der Waals surface area contributed by atoms with Crippen LogP contribution in [0.5, 0.6) is 0 Å². The van der Waals surface area contributed by atoms with Crippen molar-refractivity contribution in [3.63, 3.8) is 0 Å². The molecule has 0 spiro atoms. The van der Waals surface area contributed by atoms with Crippen LogP contribution in [0.2, 0.25) is 32.2 Å². The molecule has 0 saturated heterocycles. The van der Waals surface area contributed by atoms with Crippen molar-refractivity contribution in [2.24, 2.45) is 11.8 Å². The molecule has 2 saturated carbocycles. The first kappa shape index (κ1) is 39.3. The van der Waals surface area contributed by atoms with Gasteiger partial charge in [0.05, 0.1) is 16.9 Å². The summed E-state index contributed by atoms with van der Waals surface area (Å²) in [7, 11) is -1.93. The number of hydrogen-bond donors (Lipinski definition) is 1. The highest BCUT2D eigenvalue weighted by molar-refractivity contribution is 6.89. The van der Waals surface area contributed by atoms with E-state index in [9.17, 15) is 0 Å². The second-order valence-electron chi connectivity index (χ2n) is 16.3. The molecule has 1 nitrogen and oxygen atoms in total. The number of aliphatic hydroxyl groups excluding tert-OH is 1. The van der Waals surface area contributed by atoms with E-state index in [4.69, 9.17) is 5.11 Å². The highest BCUT2D eigenvalue weighted by Gasteiger charge is 2.25. The standard InChI is InChI=1S/C24H42OSi.C19H32Si/c1-4-5-7-10-21-11-13-22(14-12-21)23-15-17-24(18-16-23)26(2,3)20-9-6-8-19-25;1-4-5-6-7-16-8-10-17(11-9-16)18-12-14-19(15-13-18)20(2)3/h15-18,21-22,25H,4-14,19-20H2,1-3H3;12-17,20H,4-11H2,1-3H3. The molecule has 0 unspecified atom stereocenters. The molecule has 0 atom stereocenters. The molecular formula is C43H74OSi2. The normalized spacial score (nSPS) is 22.0. The van der Waals surface area contributed by atoms with Crippen molar-refractivity contribution >= 4 is 27.2 Å². The van der Waals surface area contributed by atoms with Gasteiger partial charge in [-0.3, -0.25) is 0 Å². The third-order valence-electron chi connectivity index (χ3n) is 11.8. The number of unbranched alkanes of at least 4 members (excludes halogenated alkanes) is 6. The number of hydrogen-bond acceptors (Lipinski definition) is 1. The van der Waals surface area contributed by atoms with Gasteiger partial charge in [0.1, 0.15) is 0 Å². The average molecular weight is 663 g/mol. The summed E-state index contributed by atoms with van der Waals surface area (Å²) in [6, 6.07) is 20.8. The summed E-state index contributed by atoms with van der Waals surface area (Å²) < 4.78 is 0. The van der Waals surface area contributed by atoms with E-state index in [1.54, 1.807) is 21.5 Å². The summed E-state index contributed by atoms with van der Waals surface area (Å²) in [6.07, 6.45) is 26.3. The molecule has 0 bridgehead atoms. The molecule has 2 aromatic carbocycles. The van der Waals surface area contributed by atoms with E-state index in [2.05, 4.69) is 88.6 Å². The van der Waals surface area contributed by atoms with E-state index in [1.807, 2.05) is 0 Å². The summed E-state index contributed by atoms with van der Waals surface area (Å²) >= 11 is 0. The number of rotatable bonds is 17. The largest absolute Gasteiger partial charge is 0.396 e. The van der Waals surface area contributed by atoms with E-state index in [-0.39, 0.29) is 0 Å². The fourth-order valence-corrected chi connectivity index (χ4v) is 11.7. The summed E-state index contributed by atoms with van der Waals surface area (Å²) in [5.74, 6) is 3.68. The van der Waals surface area contributed by atoms with Gasteiger partial charge in [-0.2, -0.15) is 0 Å². The molecule has 4 rings (SSSR count). The molecule has 46 heavy (non-hydrogen) atoms. The van der Waals surface area contributed by atoms with Crippen LogP contribution in [0.25, 0.3) is 0 Å². The third kappa shape index (κ3) is 13.8. The van der Waals surface area contributed by atoms with Gasteiger partial charge >= 0.3 is 0 Å². The summed E-state index contributed by atoms with van der Waals surface area (Å²) in [6.45, 7) is 14.8. The van der Waals surface area contributed by atoms with Crippen LogP contribution in [0, 0.1) is 11.8 Å². The van der Waals surface area contributed by atoms with E-state index < -0.39 is 16.9 Å². The van der Waals surface area contributed by atoms with Gasteiger partial charge in [-0.15, -0.1) is 0 Å². The van der Waals surface area contributed by atoms with Crippen LogP contribution < -0.4 is 10.4 Å². The van der Waals surface area contributed by atoms with Crippen molar-refractivity contribution in [1.82, 2.24) is 0 Å². The minimum absolute atomic E-state index is 0.345. The van der Waals surface area contributed by atoms with Gasteiger partial charge in [0.2, 0.25) is 0 Å². The minimum Gasteiger partial charge on any atom is -0.396 e. The van der Waals surface area contributed by atoms with Crippen LogP contribution in [-0.2, 0) is 0 Å². The Bertz CT molecular complexity index is 1030. The van der Waals surface area contributed by atoms with Crippen LogP contribution >= 0.6 is 0 Å². The SMILES string of the molecule is CCCCCC1CCC(c2ccc([SiH](C)C)cc2)CC1.CCCCCC1CCC(c2ccc([Si](C)(C)CCCCCO)cc2)CC1. The zero-order valence-corrected chi connectivity index (χ0v) is 33.5. The topological polar surface area (TPSA) is 20.2 Å². The molecule has 2 aliphatic carbocycles. The van der Waals surface area contributed by atoms with Gasteiger partial charge in [0, 0.05) is 6.61 Å². The molecule has 0 aliphatic heterocycles. The quantitative estimate of drug-likeness (QED) is 0.132. The predicted octanol–water partition coefficient (Wildman–Crippen LogP) is 11.9. The Labute approximate surface area is 289 Å². The number of benzene rings is 2. The van der Waals surface area contributed by atoms with Crippen LogP contribution in [0.3, 0.4) is 0 Å². The van der Waals surface area contributed by atoms with Gasteiger partial charge in [-0.05, 0) is 92.6 Å². The highest BCUT2D eigenvalue weighted by atomic mass is 28.3. The lowest BCUT2D eigenvalue weighted by atomic mass is 9.77. The van der Waals surface area contributed by atoms with Crippen LogP contribution in [0.15, 0.2) is 48.5 Å². The maximum absolute atomic E-state index is 8.95. The molecular weight excluding hydrogens is 589 g/mol. The van der Waals surface area contributed by atoms with E-state index in [0.29, 0.717) is 6.61 Å². The smallest absolute Gasteiger partial charge is 0.0806 e. The Hall–Kier alpha value is -1.17. The fraction of sp³-hybridized carbons (Fsp3) is 0.721. The summed E-state index contributed by atoms with van der Waals surface area (Å²) in [5, 5.41) is 12.2. The maximum atomic E-state index is 8.95. The van der Waals surface area contributed by atoms with E-state index in [1.165, 1.54) is 122 Å². The van der Waals surface area contributed by atoms with Gasteiger partial charge in [0.15, 0.2) is 0 Å². The lowest BCUT2D eigenvalue weighted by Gasteiger charge is -2.29. The van der Waals surface area contributed by atoms with Crippen molar-refractivity contribution in [2.45, 2.75) is 180 Å². The second-order valence-corrected chi connectivity index (χ2v) is 24.1. The Morgan fingerprint density at radius 2 is 1.04 bits per heavy atom. The van der Waals surface area contributed by atoms with Gasteiger partial charge in [-0.25, -0.2) is 0 Å². The first-order chi connectivity index (χ1) is 22.3. The van der Waals surface area contributed by atoms with E-state index in [0.717, 1.165) is 30.1 Å². The van der Waals surface area contributed by atoms with Crippen LogP contribution in [0.1, 0.15) is 159 Å². The zero-order valence-electron chi connectivity index (χ0n) is 31.3. The van der Waals surface area contributed by atoms with Gasteiger partial charge < -0.3 is 5.11 Å². The highest BCUT2D eigenvalue weighted by Crippen LogP contribution is 2.38. The average Bonchev–Trinajstić information content (AvgIpc) is 3.08. The van der Waals surface area contributed by atoms with Gasteiger partial charge in [-0.1, -0.05) is 169 Å². The maximum Gasteiger partial charge on any atom is 0.0806 e. The third-order valence-corrected chi connectivity index (χ3v) is 17.0. The number of aliphatic hydroxyl groups is 1. The van der Waals surface area contributed by atoms with Gasteiger partial charge in [0.25, 0.3) is 0 Å². The predicted molar refractivity (Wildman–Crippen MR) is 212 cm³/mol. The molecule has 0 heterocycles. The minimum atomic E-state index is -1.31. The molecule has 2 aromatic rings. The van der Waals surface area contributed by atoms with Crippen molar-refractivity contribution in [3.05, 3.63) is 59.7 Å². The second kappa shape index (κ2) is 21.7. The van der Waals surface area contributed by atoms with Crippen molar-refractivity contribution in [1.29, 1.82) is 0 Å². The first-order valence-corrected chi connectivity index (χ1v) is 26.2. The summed E-state index contributed by atoms with van der Waals surface area (Å²) in [5.41, 5.74) is 3.20. The Morgan fingerprint density at radius 1 is 0.587 bits per heavy atom. The molecule has 0 aromatic heterocycles. The molecule has 0 amide bonds. The molecule has 2 aliphatic rings.